The molecule has 0 bridgehead atoms. The lowest BCUT2D eigenvalue weighted by Gasteiger charge is -2.09. The van der Waals surface area contributed by atoms with Crippen LogP contribution in [0.5, 0.6) is 5.75 Å². The third-order valence-electron chi connectivity index (χ3n) is 3.02. The van der Waals surface area contributed by atoms with Crippen molar-refractivity contribution < 1.29 is 24.1 Å². The molecule has 0 aromatic heterocycles. The predicted octanol–water partition coefficient (Wildman–Crippen LogP) is 3.61. The van der Waals surface area contributed by atoms with Crippen LogP contribution in [0.1, 0.15) is 15.9 Å². The number of benzene rings is 2. The summed E-state index contributed by atoms with van der Waals surface area (Å²) < 4.78 is 17.5. The van der Waals surface area contributed by atoms with Crippen LogP contribution in [0.25, 0.3) is 0 Å². The van der Waals surface area contributed by atoms with Gasteiger partial charge in [-0.1, -0.05) is 41.3 Å². The summed E-state index contributed by atoms with van der Waals surface area (Å²) in [4.78, 5) is 21.2. The molecule has 0 fully saturated rings. The minimum atomic E-state index is -4.01. The van der Waals surface area contributed by atoms with E-state index < -0.39 is 13.3 Å². The third-order valence-corrected chi connectivity index (χ3v) is 5.05. The van der Waals surface area contributed by atoms with E-state index in [0.29, 0.717) is 0 Å². The van der Waals surface area contributed by atoms with Crippen LogP contribution in [0.2, 0.25) is 10.0 Å². The maximum absolute atomic E-state index is 12.5. The first kappa shape index (κ1) is 18.4. The Labute approximate surface area is 148 Å². The van der Waals surface area contributed by atoms with Gasteiger partial charge in [-0.3, -0.25) is 4.57 Å². The van der Waals surface area contributed by atoms with Gasteiger partial charge in [0, 0.05) is 5.56 Å². The molecule has 0 saturated heterocycles. The quantitative estimate of drug-likeness (QED) is 0.623. The first-order chi connectivity index (χ1) is 11.3. The Hall–Kier alpha value is -1.96. The summed E-state index contributed by atoms with van der Waals surface area (Å²) in [6, 6.07) is 8.80. The molecule has 0 aliphatic rings. The maximum Gasteiger partial charge on any atom is 0.338 e. The van der Waals surface area contributed by atoms with Gasteiger partial charge in [0.05, 0.1) is 28.0 Å². The van der Waals surface area contributed by atoms with Crippen LogP contribution in [0.3, 0.4) is 0 Å². The van der Waals surface area contributed by atoms with Crippen LogP contribution >= 0.6 is 30.6 Å². The van der Waals surface area contributed by atoms with Gasteiger partial charge in [0.15, 0.2) is 0 Å². The summed E-state index contributed by atoms with van der Waals surface area (Å²) in [7, 11) is -2.63. The number of rotatable bonds is 3. The molecule has 0 spiro atoms. The number of methoxy groups -OCH3 is 1. The number of hydrogen-bond donors (Lipinski definition) is 2. The lowest BCUT2D eigenvalue weighted by Crippen LogP contribution is -2.07. The summed E-state index contributed by atoms with van der Waals surface area (Å²) in [5.74, 6) is 1.48. The van der Waals surface area contributed by atoms with Gasteiger partial charge in [0.2, 0.25) is 0 Å². The van der Waals surface area contributed by atoms with E-state index in [1.54, 1.807) is 18.2 Å². The second-order valence-corrected chi connectivity index (χ2v) is 7.28. The number of halogens is 2. The summed E-state index contributed by atoms with van der Waals surface area (Å²) in [6.07, 6.45) is 0. The zero-order chi connectivity index (χ0) is 17.9. The van der Waals surface area contributed by atoms with Crippen molar-refractivity contribution in [3.8, 4) is 17.3 Å². The molecule has 2 rings (SSSR count). The van der Waals surface area contributed by atoms with E-state index in [2.05, 4.69) is 11.6 Å². The van der Waals surface area contributed by atoms with Crippen molar-refractivity contribution in [3.05, 3.63) is 57.6 Å². The van der Waals surface area contributed by atoms with Gasteiger partial charge in [-0.25, -0.2) is 4.79 Å². The summed E-state index contributed by atoms with van der Waals surface area (Å²) in [6.45, 7) is 0. The lowest BCUT2D eigenvalue weighted by atomic mass is 10.1. The average molecular weight is 385 g/mol. The number of hydrogen-bond acceptors (Lipinski definition) is 3. The molecular weight excluding hydrogens is 374 g/mol. The third kappa shape index (κ3) is 3.92. The smallest absolute Gasteiger partial charge is 0.338 e. The van der Waals surface area contributed by atoms with Gasteiger partial charge >= 0.3 is 13.3 Å². The first-order valence-corrected chi connectivity index (χ1v) is 8.90. The van der Waals surface area contributed by atoms with Crippen LogP contribution < -0.4 is 10.0 Å². The average Bonchev–Trinajstić information content (AvgIpc) is 2.52. The Kier molecular flexibility index (Phi) is 5.58. The van der Waals surface area contributed by atoms with Crippen LogP contribution in [-0.4, -0.2) is 23.1 Å². The van der Waals surface area contributed by atoms with Crippen LogP contribution in [0, 0.1) is 11.6 Å². The largest absolute Gasteiger partial charge is 0.496 e. The number of para-hydroxylation sites is 1. The number of ether oxygens (including phenoxy) is 1. The Morgan fingerprint density at radius 3 is 2.33 bits per heavy atom. The molecule has 2 N–H and O–H groups in total. The summed E-state index contributed by atoms with van der Waals surface area (Å²) >= 11 is 11.7. The zero-order valence-corrected chi connectivity index (χ0v) is 14.7. The van der Waals surface area contributed by atoms with Crippen molar-refractivity contribution in [2.75, 3.05) is 7.11 Å². The standard InChI is InChI=1S/C16H11Cl2O5P/c1-23-13-4-2-3-5-14(13)24(21,22)7-6-10-8-11(17)15(16(19)20)12(18)9-10/h2-5,8-9H,1H3,(H,19,20)(H,21,22). The molecule has 2 aromatic rings. The molecule has 24 heavy (non-hydrogen) atoms. The molecule has 8 heteroatoms. The van der Waals surface area contributed by atoms with Gasteiger partial charge < -0.3 is 14.7 Å². The molecule has 0 radical (unpaired) electrons. The maximum atomic E-state index is 12.5. The van der Waals surface area contributed by atoms with Gasteiger partial charge in [-0.05, 0) is 29.9 Å². The molecule has 0 saturated carbocycles. The van der Waals surface area contributed by atoms with Crippen molar-refractivity contribution >= 4 is 41.8 Å². The number of aromatic carboxylic acids is 1. The van der Waals surface area contributed by atoms with E-state index in [-0.39, 0.29) is 32.2 Å². The Bertz CT molecular complexity index is 891. The SMILES string of the molecule is COc1ccccc1P(=O)(O)C#Cc1cc(Cl)c(C(=O)O)c(Cl)c1. The Morgan fingerprint density at radius 2 is 1.79 bits per heavy atom. The topological polar surface area (TPSA) is 83.8 Å². The molecule has 124 valence electrons. The number of carboxylic acid groups (broad SMARTS) is 1. The van der Waals surface area contributed by atoms with Crippen molar-refractivity contribution in [3.63, 3.8) is 0 Å². The van der Waals surface area contributed by atoms with E-state index in [1.807, 2.05) is 0 Å². The zero-order valence-electron chi connectivity index (χ0n) is 12.3. The first-order valence-electron chi connectivity index (χ1n) is 6.48. The van der Waals surface area contributed by atoms with E-state index in [0.717, 1.165) is 0 Å². The van der Waals surface area contributed by atoms with Crippen LogP contribution in [0.4, 0.5) is 0 Å². The molecule has 1 atom stereocenters. The summed E-state index contributed by atoms with van der Waals surface area (Å²) in [5.41, 5.74) is 2.26. The fourth-order valence-electron chi connectivity index (χ4n) is 1.93. The molecule has 2 aromatic carbocycles. The second kappa shape index (κ2) is 7.29. The second-order valence-electron chi connectivity index (χ2n) is 4.60. The highest BCUT2D eigenvalue weighted by molar-refractivity contribution is 7.71. The monoisotopic (exact) mass is 384 g/mol. The molecular formula is C16H11Cl2O5P. The molecule has 0 aliphatic carbocycles. The highest BCUT2D eigenvalue weighted by Crippen LogP contribution is 2.41. The molecule has 0 aliphatic heterocycles. The molecule has 1 unspecified atom stereocenters. The predicted molar refractivity (Wildman–Crippen MR) is 92.8 cm³/mol. The fraction of sp³-hybridized carbons (Fsp3) is 0.0625. The van der Waals surface area contributed by atoms with E-state index in [9.17, 15) is 14.3 Å². The number of carboxylic acids is 1. The van der Waals surface area contributed by atoms with Crippen molar-refractivity contribution in [2.24, 2.45) is 0 Å². The Morgan fingerprint density at radius 1 is 1.21 bits per heavy atom. The van der Waals surface area contributed by atoms with Crippen LogP contribution in [-0.2, 0) is 4.57 Å². The van der Waals surface area contributed by atoms with Gasteiger partial charge in [-0.15, -0.1) is 0 Å². The molecule has 0 amide bonds. The summed E-state index contributed by atoms with van der Waals surface area (Å²) in [5, 5.41) is 8.85. The van der Waals surface area contributed by atoms with Gasteiger partial charge in [0.25, 0.3) is 0 Å². The van der Waals surface area contributed by atoms with Crippen molar-refractivity contribution in [2.45, 2.75) is 0 Å². The minimum Gasteiger partial charge on any atom is -0.496 e. The molecule has 5 nitrogen and oxygen atoms in total. The van der Waals surface area contributed by atoms with Gasteiger partial charge in [-0.2, -0.15) is 0 Å². The van der Waals surface area contributed by atoms with E-state index in [1.165, 1.54) is 25.3 Å². The fourth-order valence-corrected chi connectivity index (χ4v) is 3.73. The van der Waals surface area contributed by atoms with Crippen LogP contribution in [0.15, 0.2) is 36.4 Å². The highest BCUT2D eigenvalue weighted by Gasteiger charge is 2.23. The van der Waals surface area contributed by atoms with Gasteiger partial charge in [0.1, 0.15) is 5.75 Å². The number of carbonyl (C=O) groups is 1. The Balaban J connectivity index is 2.46. The van der Waals surface area contributed by atoms with E-state index >= 15 is 0 Å². The normalized spacial score (nSPS) is 12.7. The molecule has 0 heterocycles. The van der Waals surface area contributed by atoms with Crippen molar-refractivity contribution in [1.82, 2.24) is 0 Å². The minimum absolute atomic E-state index is 0.0688. The highest BCUT2D eigenvalue weighted by atomic mass is 35.5. The van der Waals surface area contributed by atoms with Crippen molar-refractivity contribution in [1.29, 1.82) is 0 Å². The lowest BCUT2D eigenvalue weighted by molar-refractivity contribution is 0.0697. The van der Waals surface area contributed by atoms with E-state index in [4.69, 9.17) is 33.0 Å².